The van der Waals surface area contributed by atoms with Crippen LogP contribution in [0.2, 0.25) is 10.0 Å². The van der Waals surface area contributed by atoms with Gasteiger partial charge in [0.2, 0.25) is 0 Å². The molecule has 0 amide bonds. The first-order valence-corrected chi connectivity index (χ1v) is 9.12. The van der Waals surface area contributed by atoms with Crippen molar-refractivity contribution < 1.29 is 9.15 Å². The van der Waals surface area contributed by atoms with Crippen LogP contribution in [0.4, 0.5) is 5.82 Å². The Hall–Kier alpha value is -2.96. The van der Waals surface area contributed by atoms with Gasteiger partial charge in [-0.2, -0.15) is 0 Å². The van der Waals surface area contributed by atoms with Gasteiger partial charge in [0.05, 0.1) is 24.4 Å². The average Bonchev–Trinajstić information content (AvgIpc) is 3.21. The van der Waals surface area contributed by atoms with E-state index in [0.29, 0.717) is 50.4 Å². The number of hydrogen-bond donors (Lipinski definition) is 2. The molecule has 4 aromatic rings. The van der Waals surface area contributed by atoms with Gasteiger partial charge in [-0.3, -0.25) is 4.79 Å². The lowest BCUT2D eigenvalue weighted by atomic mass is 10.1. The van der Waals surface area contributed by atoms with Gasteiger partial charge in [-0.15, -0.1) is 0 Å². The second-order valence-corrected chi connectivity index (χ2v) is 6.94. The zero-order chi connectivity index (χ0) is 19.7. The minimum absolute atomic E-state index is 0.137. The van der Waals surface area contributed by atoms with Crippen molar-refractivity contribution in [2.45, 2.75) is 6.54 Å². The Balaban J connectivity index is 1.70. The van der Waals surface area contributed by atoms with Crippen LogP contribution in [0.25, 0.3) is 22.2 Å². The van der Waals surface area contributed by atoms with E-state index in [2.05, 4.69) is 15.3 Å². The van der Waals surface area contributed by atoms with Gasteiger partial charge in [0.25, 0.3) is 0 Å². The maximum Gasteiger partial charge on any atom is 0.191 e. The molecule has 8 heteroatoms. The predicted molar refractivity (Wildman–Crippen MR) is 110 cm³/mol. The molecular formula is C20H15Cl2N3O3. The summed E-state index contributed by atoms with van der Waals surface area (Å²) in [6.07, 6.45) is 2.90. The van der Waals surface area contributed by atoms with Crippen molar-refractivity contribution in [2.75, 3.05) is 12.4 Å². The molecule has 2 heterocycles. The summed E-state index contributed by atoms with van der Waals surface area (Å²) in [5.74, 6) is 1.66. The SMILES string of the molecule is COc1cc2[nH]c(NCc3ccc(Cl)cc3Cl)cc(=O)c2cc1-c1cnco1. The van der Waals surface area contributed by atoms with E-state index >= 15 is 0 Å². The van der Waals surface area contributed by atoms with Gasteiger partial charge in [0.15, 0.2) is 17.6 Å². The number of halogens is 2. The zero-order valence-electron chi connectivity index (χ0n) is 14.8. The number of oxazole rings is 1. The number of fused-ring (bicyclic) bond motifs is 1. The molecule has 0 saturated heterocycles. The van der Waals surface area contributed by atoms with Crippen LogP contribution in [-0.2, 0) is 6.54 Å². The normalized spacial score (nSPS) is 11.0. The Kier molecular flexibility index (Phi) is 4.98. The lowest BCUT2D eigenvalue weighted by Crippen LogP contribution is -2.08. The number of aromatic amines is 1. The number of methoxy groups -OCH3 is 1. The molecule has 142 valence electrons. The van der Waals surface area contributed by atoms with E-state index in [1.807, 2.05) is 6.07 Å². The van der Waals surface area contributed by atoms with Crippen molar-refractivity contribution in [1.29, 1.82) is 0 Å². The van der Waals surface area contributed by atoms with Crippen LogP contribution in [0.15, 0.2) is 58.2 Å². The fourth-order valence-corrected chi connectivity index (χ4v) is 3.41. The number of hydrogen-bond acceptors (Lipinski definition) is 5. The number of anilines is 1. The summed E-state index contributed by atoms with van der Waals surface area (Å²) in [5, 5.41) is 4.83. The first-order chi connectivity index (χ1) is 13.5. The van der Waals surface area contributed by atoms with Crippen LogP contribution in [0.3, 0.4) is 0 Å². The first kappa shape index (κ1) is 18.4. The number of H-pyrrole nitrogens is 1. The van der Waals surface area contributed by atoms with Crippen molar-refractivity contribution in [3.05, 3.63) is 74.8 Å². The maximum atomic E-state index is 12.7. The van der Waals surface area contributed by atoms with Crippen LogP contribution in [0.1, 0.15) is 5.56 Å². The number of aromatic nitrogens is 2. The highest BCUT2D eigenvalue weighted by atomic mass is 35.5. The monoisotopic (exact) mass is 415 g/mol. The molecular weight excluding hydrogens is 401 g/mol. The molecule has 0 aliphatic carbocycles. The number of ether oxygens (including phenoxy) is 1. The Bertz CT molecular complexity index is 1200. The van der Waals surface area contributed by atoms with Gasteiger partial charge in [-0.05, 0) is 23.8 Å². The predicted octanol–water partition coefficient (Wildman–Crippen LogP) is 5.11. The number of nitrogens with zero attached hydrogens (tertiary/aromatic N) is 1. The van der Waals surface area contributed by atoms with Gasteiger partial charge in [-0.25, -0.2) is 4.98 Å². The molecule has 0 radical (unpaired) electrons. The fraction of sp³-hybridized carbons (Fsp3) is 0.100. The molecule has 0 aliphatic rings. The van der Waals surface area contributed by atoms with Gasteiger partial charge in [0.1, 0.15) is 11.6 Å². The Morgan fingerprint density at radius 1 is 1.21 bits per heavy atom. The highest BCUT2D eigenvalue weighted by molar-refractivity contribution is 6.35. The number of rotatable bonds is 5. The summed E-state index contributed by atoms with van der Waals surface area (Å²) in [6.45, 7) is 0.435. The van der Waals surface area contributed by atoms with Crippen LogP contribution in [-0.4, -0.2) is 17.1 Å². The lowest BCUT2D eigenvalue weighted by Gasteiger charge is -2.12. The van der Waals surface area contributed by atoms with E-state index in [1.54, 1.807) is 37.6 Å². The quantitative estimate of drug-likeness (QED) is 0.473. The molecule has 2 aromatic carbocycles. The zero-order valence-corrected chi connectivity index (χ0v) is 16.3. The number of pyridine rings is 1. The fourth-order valence-electron chi connectivity index (χ4n) is 2.94. The molecule has 0 aliphatic heterocycles. The van der Waals surface area contributed by atoms with E-state index in [1.165, 1.54) is 12.5 Å². The first-order valence-electron chi connectivity index (χ1n) is 8.37. The van der Waals surface area contributed by atoms with Crippen molar-refractivity contribution in [1.82, 2.24) is 9.97 Å². The van der Waals surface area contributed by atoms with E-state index < -0.39 is 0 Å². The summed E-state index contributed by atoms with van der Waals surface area (Å²) >= 11 is 12.1. The summed E-state index contributed by atoms with van der Waals surface area (Å²) in [6, 6.07) is 10.3. The molecule has 0 unspecified atom stereocenters. The minimum Gasteiger partial charge on any atom is -0.496 e. The molecule has 0 saturated carbocycles. The summed E-state index contributed by atoms with van der Waals surface area (Å²) in [4.78, 5) is 19.8. The van der Waals surface area contributed by atoms with E-state index in [4.69, 9.17) is 32.4 Å². The maximum absolute atomic E-state index is 12.7. The van der Waals surface area contributed by atoms with Gasteiger partial charge in [0, 0.05) is 34.1 Å². The van der Waals surface area contributed by atoms with Gasteiger partial charge >= 0.3 is 0 Å². The molecule has 6 nitrogen and oxygen atoms in total. The van der Waals surface area contributed by atoms with Crippen LogP contribution < -0.4 is 15.5 Å². The van der Waals surface area contributed by atoms with E-state index in [-0.39, 0.29) is 5.43 Å². The molecule has 2 aromatic heterocycles. The summed E-state index contributed by atoms with van der Waals surface area (Å²) < 4.78 is 10.8. The van der Waals surface area contributed by atoms with E-state index in [0.717, 1.165) is 5.56 Å². The van der Waals surface area contributed by atoms with Crippen LogP contribution in [0, 0.1) is 0 Å². The third-order valence-electron chi connectivity index (χ3n) is 4.33. The van der Waals surface area contributed by atoms with Gasteiger partial charge < -0.3 is 19.5 Å². The molecule has 4 rings (SSSR count). The van der Waals surface area contributed by atoms with Crippen molar-refractivity contribution in [2.24, 2.45) is 0 Å². The molecule has 28 heavy (non-hydrogen) atoms. The molecule has 2 N–H and O–H groups in total. The third kappa shape index (κ3) is 3.56. The van der Waals surface area contributed by atoms with Crippen molar-refractivity contribution in [3.8, 4) is 17.1 Å². The second kappa shape index (κ2) is 7.58. The number of benzene rings is 2. The molecule has 0 bridgehead atoms. The Labute approximate surface area is 170 Å². The molecule has 0 spiro atoms. The summed E-state index contributed by atoms with van der Waals surface area (Å²) in [5.41, 5.74) is 2.02. The topological polar surface area (TPSA) is 80.1 Å². The highest BCUT2D eigenvalue weighted by Gasteiger charge is 2.13. The standard InChI is InChI=1S/C20H15Cl2N3O3/c1-27-18-6-16-13(5-14(18)19-9-23-10-28-19)17(26)7-20(25-16)24-8-11-2-3-12(21)4-15(11)22/h2-7,9-10H,8H2,1H3,(H2,24,25,26). The molecule has 0 atom stereocenters. The van der Waals surface area contributed by atoms with Crippen molar-refractivity contribution in [3.63, 3.8) is 0 Å². The smallest absolute Gasteiger partial charge is 0.191 e. The second-order valence-electron chi connectivity index (χ2n) is 6.10. The number of nitrogens with one attached hydrogen (secondary N) is 2. The van der Waals surface area contributed by atoms with E-state index in [9.17, 15) is 4.79 Å². The Morgan fingerprint density at radius 3 is 2.79 bits per heavy atom. The average molecular weight is 416 g/mol. The minimum atomic E-state index is -0.137. The lowest BCUT2D eigenvalue weighted by molar-refractivity contribution is 0.415. The van der Waals surface area contributed by atoms with Crippen LogP contribution in [0.5, 0.6) is 5.75 Å². The highest BCUT2D eigenvalue weighted by Crippen LogP contribution is 2.33. The van der Waals surface area contributed by atoms with Crippen LogP contribution >= 0.6 is 23.2 Å². The Morgan fingerprint density at radius 2 is 2.07 bits per heavy atom. The summed E-state index contributed by atoms with van der Waals surface area (Å²) in [7, 11) is 1.56. The molecule has 0 fully saturated rings. The van der Waals surface area contributed by atoms with Crippen molar-refractivity contribution >= 4 is 39.9 Å². The third-order valence-corrected chi connectivity index (χ3v) is 4.92. The largest absolute Gasteiger partial charge is 0.496 e. The van der Waals surface area contributed by atoms with Gasteiger partial charge in [-0.1, -0.05) is 29.3 Å².